The van der Waals surface area contributed by atoms with Gasteiger partial charge in [0, 0.05) is 37.2 Å². The first-order valence-electron chi connectivity index (χ1n) is 19.4. The zero-order valence-corrected chi connectivity index (χ0v) is 33.9. The number of carbonyl (C=O) groups is 2. The Morgan fingerprint density at radius 2 is 1.70 bits per heavy atom. The lowest BCUT2D eigenvalue weighted by atomic mass is 9.87. The van der Waals surface area contributed by atoms with Crippen molar-refractivity contribution in [2.45, 2.75) is 89.5 Å². The number of anilines is 1. The minimum Gasteiger partial charge on any atom is -0.504 e. The summed E-state index contributed by atoms with van der Waals surface area (Å²) in [5.74, 6) is -4.65. The summed E-state index contributed by atoms with van der Waals surface area (Å²) in [6.07, 6.45) is -10.3. The zero-order valence-electron chi connectivity index (χ0n) is 33.9. The van der Waals surface area contributed by atoms with Gasteiger partial charge in [-0.15, -0.1) is 0 Å². The minimum atomic E-state index is -2.37. The molecule has 0 radical (unpaired) electrons. The Morgan fingerprint density at radius 1 is 1.00 bits per heavy atom. The molecule has 0 aliphatic carbocycles. The van der Waals surface area contributed by atoms with E-state index in [4.69, 9.17) is 34.2 Å². The van der Waals surface area contributed by atoms with Gasteiger partial charge < -0.3 is 80.5 Å². The van der Waals surface area contributed by atoms with E-state index in [1.807, 2.05) is 37.3 Å². The van der Waals surface area contributed by atoms with Gasteiger partial charge in [0.05, 0.1) is 25.0 Å². The normalized spacial score (nSPS) is 23.4. The van der Waals surface area contributed by atoms with Crippen LogP contribution in [-0.4, -0.2) is 124 Å². The van der Waals surface area contributed by atoms with Crippen LogP contribution in [-0.2, 0) is 22.3 Å². The number of hydrogen-bond donors (Lipinski definition) is 10. The molecule has 0 aromatic heterocycles. The second kappa shape index (κ2) is 20.0. The molecule has 2 heterocycles. The van der Waals surface area contributed by atoms with Crippen molar-refractivity contribution in [3.63, 3.8) is 0 Å². The van der Waals surface area contributed by atoms with E-state index in [2.05, 4.69) is 29.5 Å². The highest BCUT2D eigenvalue weighted by molar-refractivity contribution is 5.97. The van der Waals surface area contributed by atoms with Crippen molar-refractivity contribution in [3.8, 4) is 34.5 Å². The van der Waals surface area contributed by atoms with E-state index < -0.39 is 71.7 Å². The number of nitrogens with zero attached hydrogens (tertiary/aromatic N) is 1. The molecule has 60 heavy (non-hydrogen) atoms. The van der Waals surface area contributed by atoms with Gasteiger partial charge in [-0.3, -0.25) is 4.99 Å². The molecule has 8 atom stereocenters. The Bertz CT molecular complexity index is 2000. The molecule has 2 aliphatic rings. The molecule has 5 rings (SSSR count). The maximum atomic E-state index is 13.5. The van der Waals surface area contributed by atoms with Crippen molar-refractivity contribution < 1.29 is 73.8 Å². The third-order valence-electron chi connectivity index (χ3n) is 10.4. The minimum absolute atomic E-state index is 0.0121. The molecular weight excluding hydrogens is 788 g/mol. The number of guanidine groups is 1. The number of aliphatic hydroxyl groups is 4. The number of methoxy groups -OCH3 is 1. The van der Waals surface area contributed by atoms with Crippen LogP contribution in [0.15, 0.2) is 47.5 Å². The molecule has 1 saturated heterocycles. The maximum Gasteiger partial charge on any atom is 0.344 e. The van der Waals surface area contributed by atoms with Gasteiger partial charge >= 0.3 is 11.9 Å². The number of rotatable bonds is 16. The van der Waals surface area contributed by atoms with E-state index in [0.29, 0.717) is 24.3 Å². The maximum absolute atomic E-state index is 13.5. The summed E-state index contributed by atoms with van der Waals surface area (Å²) in [5, 5.41) is 82.3. The Morgan fingerprint density at radius 3 is 2.35 bits per heavy atom. The number of phenols is 2. The number of ether oxygens (including phenoxy) is 6. The van der Waals surface area contributed by atoms with E-state index in [1.165, 1.54) is 20.2 Å². The summed E-state index contributed by atoms with van der Waals surface area (Å²) in [6.45, 7) is 5.78. The molecular formula is C41H54N4O15. The van der Waals surface area contributed by atoms with E-state index >= 15 is 0 Å². The van der Waals surface area contributed by atoms with Gasteiger partial charge in [0.2, 0.25) is 24.1 Å². The van der Waals surface area contributed by atoms with Crippen molar-refractivity contribution in [2.75, 3.05) is 32.8 Å². The number of benzene rings is 3. The number of carboxylic acids is 1. The molecule has 0 amide bonds. The van der Waals surface area contributed by atoms with Crippen LogP contribution in [0.5, 0.6) is 34.5 Å². The van der Waals surface area contributed by atoms with Gasteiger partial charge in [-0.2, -0.15) is 0 Å². The Hall–Kier alpha value is -5.73. The molecule has 328 valence electrons. The monoisotopic (exact) mass is 842 g/mol. The summed E-state index contributed by atoms with van der Waals surface area (Å²) in [4.78, 5) is 29.9. The standard InChI is InChI=1S/C41H54N4O15/c1-19(2)15-22-11-12-23-28(45-20(22)3)24(37(51)52)16-27(57-18-44-41(42)43-4)34(23)58-40-33(50)31(48)32(49)36(59-40)39(54)60-38(53)25-17-26(55-5)30(47)35(29(25)46)56-14-13-21-9-7-6-8-10-21/h6-10,16-17,19-20,22,31-33,36,39-40,45-50,54H,11-15,18H2,1-5H3,(H,51,52)(H3,42,43,44)/t20-,22+,31+,32+,33-,36+,39+,40+/m1/s1. The summed E-state index contributed by atoms with van der Waals surface area (Å²) < 4.78 is 33.9. The van der Waals surface area contributed by atoms with E-state index in [0.717, 1.165) is 18.1 Å². The highest BCUT2D eigenvalue weighted by Gasteiger charge is 2.49. The van der Waals surface area contributed by atoms with Crippen LogP contribution in [0.4, 0.5) is 5.69 Å². The number of carbonyl (C=O) groups excluding carboxylic acids is 1. The van der Waals surface area contributed by atoms with E-state index in [9.17, 15) is 45.3 Å². The average Bonchev–Trinajstić information content (AvgIpc) is 3.37. The second-order valence-corrected chi connectivity index (χ2v) is 14.9. The molecule has 0 bridgehead atoms. The highest BCUT2D eigenvalue weighted by atomic mass is 16.7. The van der Waals surface area contributed by atoms with E-state index in [1.54, 1.807) is 0 Å². The molecule has 19 heteroatoms. The molecule has 19 nitrogen and oxygen atoms in total. The average molecular weight is 843 g/mol. The number of phenolic OH excluding ortho intramolecular Hbond substituents is 2. The van der Waals surface area contributed by atoms with Crippen LogP contribution in [0.2, 0.25) is 0 Å². The number of aromatic hydroxyl groups is 2. The first-order valence-corrected chi connectivity index (χ1v) is 19.4. The predicted molar refractivity (Wildman–Crippen MR) is 215 cm³/mol. The number of hydrogen-bond acceptors (Lipinski definition) is 16. The number of aliphatic hydroxyl groups excluding tert-OH is 4. The second-order valence-electron chi connectivity index (χ2n) is 14.9. The molecule has 1 fully saturated rings. The fourth-order valence-electron chi connectivity index (χ4n) is 7.16. The van der Waals surface area contributed by atoms with Gasteiger partial charge in [0.25, 0.3) is 0 Å². The first kappa shape index (κ1) is 45.4. The topological polar surface area (TPSA) is 294 Å². The van der Waals surface area contributed by atoms with Crippen LogP contribution in [0, 0.1) is 11.8 Å². The van der Waals surface area contributed by atoms with Crippen molar-refractivity contribution in [3.05, 3.63) is 64.7 Å². The van der Waals surface area contributed by atoms with Crippen LogP contribution < -0.4 is 35.3 Å². The van der Waals surface area contributed by atoms with Crippen LogP contribution in [0.25, 0.3) is 0 Å². The smallest absolute Gasteiger partial charge is 0.344 e. The van der Waals surface area contributed by atoms with Crippen molar-refractivity contribution in [2.24, 2.45) is 22.6 Å². The predicted octanol–water partition coefficient (Wildman–Crippen LogP) is 2.07. The number of aromatic carboxylic acids is 1. The van der Waals surface area contributed by atoms with Crippen molar-refractivity contribution >= 4 is 23.6 Å². The van der Waals surface area contributed by atoms with Gasteiger partial charge in [0.1, 0.15) is 23.9 Å². The third kappa shape index (κ3) is 10.3. The Labute approximate surface area is 346 Å². The Kier molecular flexibility index (Phi) is 15.1. The molecule has 2 aliphatic heterocycles. The molecule has 3 aromatic rings. The first-order chi connectivity index (χ1) is 28.6. The number of nitrogens with one attached hydrogen (secondary N) is 2. The number of carboxylic acid groups (broad SMARTS) is 1. The van der Waals surface area contributed by atoms with Gasteiger partial charge in [0.15, 0.2) is 41.8 Å². The van der Waals surface area contributed by atoms with Crippen LogP contribution in [0.3, 0.4) is 0 Å². The quantitative estimate of drug-likeness (QED) is 0.0427. The largest absolute Gasteiger partial charge is 0.504 e. The van der Waals surface area contributed by atoms with Gasteiger partial charge in [-0.25, -0.2) is 9.59 Å². The van der Waals surface area contributed by atoms with Gasteiger partial charge in [-0.1, -0.05) is 44.2 Å². The van der Waals surface area contributed by atoms with Gasteiger partial charge in [-0.05, 0) is 43.6 Å². The number of nitrogens with two attached hydrogens (primary N) is 1. The lowest BCUT2D eigenvalue weighted by Gasteiger charge is -2.41. The lowest BCUT2D eigenvalue weighted by molar-refractivity contribution is -0.309. The molecule has 0 unspecified atom stereocenters. The SMILES string of the molecule is CN=C(N)NCOc1cc(C(=O)O)c2c(c1O[C@H]1O[C@H]([C@@H](O)OC(=O)c3cc(OC)c(O)c(OCCc4ccccc4)c3O)[C@@H](O)[C@H](O)[C@H]1O)CC[C@@H](CC(C)C)[C@@H](C)N2. The molecule has 0 saturated carbocycles. The summed E-state index contributed by atoms with van der Waals surface area (Å²) in [6, 6.07) is 11.2. The number of aliphatic imine (C=N–C) groups is 1. The highest BCUT2D eigenvalue weighted by Crippen LogP contribution is 2.47. The fraction of sp³-hybridized carbons (Fsp3) is 0.488. The van der Waals surface area contributed by atoms with Crippen molar-refractivity contribution in [1.82, 2.24) is 5.32 Å². The summed E-state index contributed by atoms with van der Waals surface area (Å²) in [7, 11) is 2.63. The van der Waals surface area contributed by atoms with Crippen LogP contribution >= 0.6 is 0 Å². The fourth-order valence-corrected chi connectivity index (χ4v) is 7.16. The Balaban J connectivity index is 1.43. The van der Waals surface area contributed by atoms with Crippen molar-refractivity contribution in [1.29, 1.82) is 0 Å². The summed E-state index contributed by atoms with van der Waals surface area (Å²) >= 11 is 0. The molecule has 3 aromatic carbocycles. The number of esters is 1. The van der Waals surface area contributed by atoms with Crippen LogP contribution in [0.1, 0.15) is 65.5 Å². The third-order valence-corrected chi connectivity index (χ3v) is 10.4. The summed E-state index contributed by atoms with van der Waals surface area (Å²) in [5.41, 5.74) is 6.49. The number of fused-ring (bicyclic) bond motifs is 1. The molecule has 11 N–H and O–H groups in total. The lowest BCUT2D eigenvalue weighted by Crippen LogP contribution is -2.62. The zero-order chi connectivity index (χ0) is 43.8. The molecule has 0 spiro atoms. The van der Waals surface area contributed by atoms with E-state index in [-0.39, 0.29) is 66.2 Å².